The topological polar surface area (TPSA) is 50.7 Å². The van der Waals surface area contributed by atoms with E-state index < -0.39 is 0 Å². The summed E-state index contributed by atoms with van der Waals surface area (Å²) in [6.45, 7) is 2.71. The lowest BCUT2D eigenvalue weighted by Gasteiger charge is -2.02. The molecule has 0 aliphatic rings. The predicted molar refractivity (Wildman–Crippen MR) is 66.5 cm³/mol. The van der Waals surface area contributed by atoms with Gasteiger partial charge in [-0.25, -0.2) is 4.98 Å². The first-order valence-electron chi connectivity index (χ1n) is 4.92. The molecule has 0 unspecified atom stereocenters. The smallest absolute Gasteiger partial charge is 0.251 e. The van der Waals surface area contributed by atoms with Crippen LogP contribution in [0.4, 0.5) is 0 Å². The van der Waals surface area contributed by atoms with Crippen LogP contribution in [-0.2, 0) is 13.0 Å². The number of aromatic amines is 1. The molecule has 0 saturated heterocycles. The number of rotatable bonds is 3. The highest BCUT2D eigenvalue weighted by atomic mass is 32.1. The molecule has 1 N–H and O–H groups in total. The van der Waals surface area contributed by atoms with E-state index in [1.54, 1.807) is 22.1 Å². The van der Waals surface area contributed by atoms with E-state index in [1.807, 2.05) is 6.20 Å². The minimum atomic E-state index is -0.172. The molecule has 84 valence electrons. The fourth-order valence-electron chi connectivity index (χ4n) is 1.30. The third-order valence-corrected chi connectivity index (χ3v) is 3.62. The number of aromatic nitrogens is 3. The Morgan fingerprint density at radius 1 is 1.62 bits per heavy atom. The van der Waals surface area contributed by atoms with Crippen molar-refractivity contribution in [2.24, 2.45) is 0 Å². The average Bonchev–Trinajstić information content (AvgIpc) is 2.70. The summed E-state index contributed by atoms with van der Waals surface area (Å²) >= 11 is 6.73. The first-order chi connectivity index (χ1) is 7.69. The molecule has 0 spiro atoms. The maximum atomic E-state index is 11.0. The molecule has 0 bridgehead atoms. The molecule has 2 heterocycles. The van der Waals surface area contributed by atoms with Gasteiger partial charge in [-0.3, -0.25) is 9.78 Å². The molecule has 2 aromatic heterocycles. The maximum Gasteiger partial charge on any atom is 0.251 e. The fourth-order valence-corrected chi connectivity index (χ4v) is 2.39. The standard InChI is InChI=1S/C10H11N3OS2/c1-2-7-5-11-9(16-7)6-13-4-3-8(14)12-10(13)15/h3-5H,2,6H2,1H3,(H,12,14,15). The number of hydrogen-bond donors (Lipinski definition) is 1. The number of aryl methyl sites for hydroxylation is 1. The molecule has 2 aromatic rings. The van der Waals surface area contributed by atoms with Crippen molar-refractivity contribution in [2.75, 3.05) is 0 Å². The van der Waals surface area contributed by atoms with Crippen molar-refractivity contribution in [3.63, 3.8) is 0 Å². The van der Waals surface area contributed by atoms with Gasteiger partial charge in [0.25, 0.3) is 5.56 Å². The molecule has 0 aliphatic carbocycles. The molecule has 0 aromatic carbocycles. The second-order valence-corrected chi connectivity index (χ2v) is 4.90. The van der Waals surface area contributed by atoms with E-state index in [2.05, 4.69) is 16.9 Å². The van der Waals surface area contributed by atoms with Crippen LogP contribution in [-0.4, -0.2) is 14.5 Å². The van der Waals surface area contributed by atoms with Crippen LogP contribution in [0.25, 0.3) is 0 Å². The van der Waals surface area contributed by atoms with Crippen LogP contribution in [0.15, 0.2) is 23.3 Å². The summed E-state index contributed by atoms with van der Waals surface area (Å²) in [6, 6.07) is 1.46. The summed E-state index contributed by atoms with van der Waals surface area (Å²) in [6.07, 6.45) is 4.57. The van der Waals surface area contributed by atoms with Gasteiger partial charge < -0.3 is 4.57 Å². The molecular formula is C10H11N3OS2. The summed E-state index contributed by atoms with van der Waals surface area (Å²) in [5.41, 5.74) is -0.172. The second-order valence-electron chi connectivity index (χ2n) is 3.31. The van der Waals surface area contributed by atoms with Gasteiger partial charge in [0.15, 0.2) is 4.77 Å². The summed E-state index contributed by atoms with van der Waals surface area (Å²) in [7, 11) is 0. The SMILES string of the molecule is CCc1cnc(Cn2ccc(=O)[nH]c2=S)s1. The summed E-state index contributed by atoms with van der Waals surface area (Å²) in [5, 5.41) is 1.000. The molecule has 0 saturated carbocycles. The Morgan fingerprint density at radius 2 is 2.44 bits per heavy atom. The lowest BCUT2D eigenvalue weighted by Crippen LogP contribution is -2.11. The Kier molecular flexibility index (Phi) is 3.31. The van der Waals surface area contributed by atoms with Crippen molar-refractivity contribution in [1.29, 1.82) is 0 Å². The van der Waals surface area contributed by atoms with Crippen molar-refractivity contribution in [3.05, 3.63) is 43.5 Å². The maximum absolute atomic E-state index is 11.0. The largest absolute Gasteiger partial charge is 0.318 e. The van der Waals surface area contributed by atoms with E-state index in [4.69, 9.17) is 12.2 Å². The van der Waals surface area contributed by atoms with Crippen LogP contribution in [0.2, 0.25) is 0 Å². The van der Waals surface area contributed by atoms with Gasteiger partial charge in [-0.1, -0.05) is 6.92 Å². The van der Waals surface area contributed by atoms with Crippen molar-refractivity contribution in [2.45, 2.75) is 19.9 Å². The van der Waals surface area contributed by atoms with Crippen LogP contribution in [0.3, 0.4) is 0 Å². The molecule has 0 aliphatic heterocycles. The van der Waals surface area contributed by atoms with E-state index >= 15 is 0 Å². The van der Waals surface area contributed by atoms with E-state index in [0.29, 0.717) is 11.3 Å². The van der Waals surface area contributed by atoms with Crippen LogP contribution in [0.1, 0.15) is 16.8 Å². The number of nitrogens with one attached hydrogen (secondary N) is 1. The van der Waals surface area contributed by atoms with Gasteiger partial charge in [-0.2, -0.15) is 0 Å². The zero-order valence-corrected chi connectivity index (χ0v) is 10.4. The normalized spacial score (nSPS) is 10.6. The molecular weight excluding hydrogens is 242 g/mol. The van der Waals surface area contributed by atoms with Gasteiger partial charge >= 0.3 is 0 Å². The van der Waals surface area contributed by atoms with E-state index in [0.717, 1.165) is 11.4 Å². The van der Waals surface area contributed by atoms with Crippen molar-refractivity contribution < 1.29 is 0 Å². The third-order valence-electron chi connectivity index (χ3n) is 2.15. The first kappa shape index (κ1) is 11.2. The number of hydrogen-bond acceptors (Lipinski definition) is 4. The molecule has 0 fully saturated rings. The zero-order valence-electron chi connectivity index (χ0n) is 8.77. The molecule has 0 atom stereocenters. The van der Waals surface area contributed by atoms with Crippen LogP contribution >= 0.6 is 23.6 Å². The summed E-state index contributed by atoms with van der Waals surface area (Å²) in [5.74, 6) is 0. The molecule has 4 nitrogen and oxygen atoms in total. The van der Waals surface area contributed by atoms with Gasteiger partial charge in [0.2, 0.25) is 0 Å². The summed E-state index contributed by atoms with van der Waals surface area (Å²) in [4.78, 5) is 19.1. The van der Waals surface area contributed by atoms with Gasteiger partial charge in [0.05, 0.1) is 6.54 Å². The van der Waals surface area contributed by atoms with Crippen molar-refractivity contribution in [1.82, 2.24) is 14.5 Å². The van der Waals surface area contributed by atoms with Gasteiger partial charge in [0, 0.05) is 23.3 Å². The highest BCUT2D eigenvalue weighted by Crippen LogP contribution is 2.14. The quantitative estimate of drug-likeness (QED) is 0.851. The minimum Gasteiger partial charge on any atom is -0.318 e. The van der Waals surface area contributed by atoms with Crippen LogP contribution < -0.4 is 5.56 Å². The molecule has 0 amide bonds. The van der Waals surface area contributed by atoms with Crippen molar-refractivity contribution >= 4 is 23.6 Å². The third kappa shape index (κ3) is 2.45. The molecule has 2 rings (SSSR count). The van der Waals surface area contributed by atoms with Gasteiger partial charge in [-0.15, -0.1) is 11.3 Å². The van der Waals surface area contributed by atoms with Gasteiger partial charge in [-0.05, 0) is 18.6 Å². The zero-order chi connectivity index (χ0) is 11.5. The minimum absolute atomic E-state index is 0.172. The highest BCUT2D eigenvalue weighted by molar-refractivity contribution is 7.71. The Balaban J connectivity index is 2.27. The fraction of sp³-hybridized carbons (Fsp3) is 0.300. The number of nitrogens with zero attached hydrogens (tertiary/aromatic N) is 2. The summed E-state index contributed by atoms with van der Waals surface area (Å²) < 4.78 is 2.23. The number of H-pyrrole nitrogens is 1. The molecule has 6 heteroatoms. The number of thiazole rings is 1. The Labute approximate surface area is 102 Å². The molecule has 0 radical (unpaired) electrons. The van der Waals surface area contributed by atoms with E-state index in [9.17, 15) is 4.79 Å². The van der Waals surface area contributed by atoms with Gasteiger partial charge in [0.1, 0.15) is 5.01 Å². The van der Waals surface area contributed by atoms with E-state index in [1.165, 1.54) is 10.9 Å². The Bertz CT molecular complexity index is 596. The van der Waals surface area contributed by atoms with Crippen LogP contribution in [0, 0.1) is 4.77 Å². The lowest BCUT2D eigenvalue weighted by atomic mass is 10.4. The Hall–Kier alpha value is -1.27. The van der Waals surface area contributed by atoms with E-state index in [-0.39, 0.29) is 5.56 Å². The highest BCUT2D eigenvalue weighted by Gasteiger charge is 2.01. The second kappa shape index (κ2) is 4.71. The molecule has 16 heavy (non-hydrogen) atoms. The van der Waals surface area contributed by atoms with Crippen LogP contribution in [0.5, 0.6) is 0 Å². The first-order valence-corrected chi connectivity index (χ1v) is 6.15. The van der Waals surface area contributed by atoms with Crippen molar-refractivity contribution in [3.8, 4) is 0 Å². The average molecular weight is 253 g/mol. The lowest BCUT2D eigenvalue weighted by molar-refractivity contribution is 0.740. The Morgan fingerprint density at radius 3 is 3.06 bits per heavy atom. The monoisotopic (exact) mass is 253 g/mol. The predicted octanol–water partition coefficient (Wildman–Crippen LogP) is 1.97.